The standard InChI is InChI=1S/C5H12O5S2/c1-4(11(6)7)5(2)12(8,9)10-3/h4-5,11H,1-3H3. The number of hydrogen-bond acceptors (Lipinski definition) is 5. The maximum Gasteiger partial charge on any atom is 0.270 e. The van der Waals surface area contributed by atoms with Crippen LogP contribution < -0.4 is 0 Å². The van der Waals surface area contributed by atoms with E-state index in [0.29, 0.717) is 0 Å². The Balaban J connectivity index is 4.73. The highest BCUT2D eigenvalue weighted by Gasteiger charge is 2.28. The van der Waals surface area contributed by atoms with Gasteiger partial charge in [-0.3, -0.25) is 4.18 Å². The first-order valence-corrected chi connectivity index (χ1v) is 5.97. The Hall–Kier alpha value is -0.140. The van der Waals surface area contributed by atoms with Gasteiger partial charge in [-0.2, -0.15) is 8.42 Å². The lowest BCUT2D eigenvalue weighted by Gasteiger charge is -2.12. The minimum atomic E-state index is -3.73. The fourth-order valence-electron chi connectivity index (χ4n) is 0.564. The van der Waals surface area contributed by atoms with Crippen molar-refractivity contribution in [3.05, 3.63) is 0 Å². The van der Waals surface area contributed by atoms with Crippen LogP contribution in [-0.4, -0.2) is 34.4 Å². The summed E-state index contributed by atoms with van der Waals surface area (Å²) in [5, 5.41) is -1.95. The first kappa shape index (κ1) is 11.9. The summed E-state index contributed by atoms with van der Waals surface area (Å²) in [5.41, 5.74) is 0. The first-order valence-electron chi connectivity index (χ1n) is 3.26. The molecule has 0 fully saturated rings. The fraction of sp³-hybridized carbons (Fsp3) is 1.00. The molecule has 0 saturated heterocycles. The van der Waals surface area contributed by atoms with Gasteiger partial charge in [-0.05, 0) is 13.8 Å². The Morgan fingerprint density at radius 2 is 1.67 bits per heavy atom. The van der Waals surface area contributed by atoms with Crippen LogP contribution in [0.4, 0.5) is 0 Å². The molecule has 0 aromatic heterocycles. The van der Waals surface area contributed by atoms with E-state index >= 15 is 0 Å². The van der Waals surface area contributed by atoms with Gasteiger partial charge in [0.2, 0.25) is 0 Å². The van der Waals surface area contributed by atoms with Gasteiger partial charge >= 0.3 is 0 Å². The second-order valence-electron chi connectivity index (χ2n) is 2.39. The minimum absolute atomic E-state index is 0.926. The highest BCUT2D eigenvalue weighted by molar-refractivity contribution is 7.88. The Labute approximate surface area is 73.8 Å². The molecule has 2 atom stereocenters. The molecule has 0 aliphatic rings. The molecular weight excluding hydrogens is 204 g/mol. The molecule has 0 aromatic carbocycles. The highest BCUT2D eigenvalue weighted by atomic mass is 32.2. The predicted octanol–water partition coefficient (Wildman–Crippen LogP) is -0.649. The van der Waals surface area contributed by atoms with E-state index in [0.717, 1.165) is 7.11 Å². The molecule has 74 valence electrons. The van der Waals surface area contributed by atoms with Gasteiger partial charge in [0.1, 0.15) is 16.0 Å². The monoisotopic (exact) mass is 216 g/mol. The number of hydrogen-bond donors (Lipinski definition) is 1. The fourth-order valence-corrected chi connectivity index (χ4v) is 2.44. The Bertz CT molecular complexity index is 294. The third-order valence-corrected chi connectivity index (χ3v) is 4.80. The Kier molecular flexibility index (Phi) is 4.15. The summed E-state index contributed by atoms with van der Waals surface area (Å²) in [4.78, 5) is 0. The van der Waals surface area contributed by atoms with Gasteiger partial charge in [0.25, 0.3) is 10.1 Å². The quantitative estimate of drug-likeness (QED) is 0.499. The molecule has 0 bridgehead atoms. The average molecular weight is 216 g/mol. The lowest BCUT2D eigenvalue weighted by Crippen LogP contribution is -2.31. The van der Waals surface area contributed by atoms with Crippen LogP contribution in [0.25, 0.3) is 0 Å². The third kappa shape index (κ3) is 2.72. The molecule has 0 heterocycles. The molecule has 0 amide bonds. The number of thiol groups is 1. The van der Waals surface area contributed by atoms with Crippen molar-refractivity contribution in [1.82, 2.24) is 0 Å². The average Bonchev–Trinajstić information content (AvgIpc) is 2.01. The van der Waals surface area contributed by atoms with Crippen LogP contribution in [0, 0.1) is 0 Å². The third-order valence-electron chi connectivity index (χ3n) is 1.70. The van der Waals surface area contributed by atoms with Crippen molar-refractivity contribution < 1.29 is 21.0 Å². The molecular formula is C5H12O5S2. The molecule has 0 radical (unpaired) electrons. The van der Waals surface area contributed by atoms with Crippen LogP contribution in [-0.2, 0) is 25.0 Å². The van der Waals surface area contributed by atoms with Crippen molar-refractivity contribution in [2.24, 2.45) is 0 Å². The minimum Gasteiger partial charge on any atom is -0.273 e. The molecule has 0 aromatic rings. The molecule has 5 nitrogen and oxygen atoms in total. The largest absolute Gasteiger partial charge is 0.273 e. The maximum absolute atomic E-state index is 11.0. The first-order chi connectivity index (χ1) is 5.33. The molecule has 0 N–H and O–H groups in total. The zero-order chi connectivity index (χ0) is 9.94. The van der Waals surface area contributed by atoms with Crippen LogP contribution in [0.1, 0.15) is 13.8 Å². The van der Waals surface area contributed by atoms with Crippen molar-refractivity contribution in [1.29, 1.82) is 0 Å². The topological polar surface area (TPSA) is 77.5 Å². The summed E-state index contributed by atoms with van der Waals surface area (Å²) in [6.45, 7) is 2.63. The summed E-state index contributed by atoms with van der Waals surface area (Å²) in [6, 6.07) is 0. The van der Waals surface area contributed by atoms with E-state index in [4.69, 9.17) is 0 Å². The molecule has 7 heteroatoms. The lowest BCUT2D eigenvalue weighted by atomic mass is 10.4. The van der Waals surface area contributed by atoms with Crippen LogP contribution in [0.2, 0.25) is 0 Å². The Morgan fingerprint density at radius 1 is 1.25 bits per heavy atom. The van der Waals surface area contributed by atoms with Gasteiger partial charge in [0.05, 0.1) is 12.4 Å². The molecule has 2 unspecified atom stereocenters. The van der Waals surface area contributed by atoms with Gasteiger partial charge in [-0.15, -0.1) is 0 Å². The van der Waals surface area contributed by atoms with Crippen molar-refractivity contribution in [2.45, 2.75) is 24.3 Å². The van der Waals surface area contributed by atoms with Crippen molar-refractivity contribution in [3.8, 4) is 0 Å². The molecule has 0 saturated carbocycles. The van der Waals surface area contributed by atoms with E-state index in [1.54, 1.807) is 0 Å². The highest BCUT2D eigenvalue weighted by Crippen LogP contribution is 2.09. The molecule has 0 rings (SSSR count). The van der Waals surface area contributed by atoms with Crippen LogP contribution in [0.15, 0.2) is 0 Å². The SMILES string of the molecule is COS(=O)(=O)C(C)C(C)[SH](=O)=O. The van der Waals surface area contributed by atoms with Gasteiger partial charge in [0.15, 0.2) is 0 Å². The van der Waals surface area contributed by atoms with Crippen LogP contribution in [0.3, 0.4) is 0 Å². The smallest absolute Gasteiger partial charge is 0.270 e. The van der Waals surface area contributed by atoms with Crippen molar-refractivity contribution in [3.63, 3.8) is 0 Å². The van der Waals surface area contributed by atoms with Gasteiger partial charge in [0, 0.05) is 0 Å². The summed E-state index contributed by atoms with van der Waals surface area (Å²) >= 11 is 0. The Morgan fingerprint density at radius 3 is 1.92 bits per heavy atom. The predicted molar refractivity (Wildman–Crippen MR) is 45.2 cm³/mol. The zero-order valence-electron chi connectivity index (χ0n) is 7.05. The second kappa shape index (κ2) is 4.20. The van der Waals surface area contributed by atoms with E-state index in [9.17, 15) is 16.8 Å². The van der Waals surface area contributed by atoms with E-state index in [-0.39, 0.29) is 0 Å². The van der Waals surface area contributed by atoms with Crippen LogP contribution in [0.5, 0.6) is 0 Å². The second-order valence-corrected chi connectivity index (χ2v) is 5.84. The normalized spacial score (nSPS) is 17.7. The maximum atomic E-state index is 11.0. The molecule has 0 aliphatic heterocycles. The summed E-state index contributed by atoms with van der Waals surface area (Å²) < 4.78 is 46.9. The van der Waals surface area contributed by atoms with Gasteiger partial charge < -0.3 is 0 Å². The zero-order valence-corrected chi connectivity index (χ0v) is 8.76. The molecule has 0 aliphatic carbocycles. The van der Waals surface area contributed by atoms with Gasteiger partial charge in [-0.25, -0.2) is 8.42 Å². The summed E-state index contributed by atoms with van der Waals surface area (Å²) in [7, 11) is -5.45. The molecule has 12 heavy (non-hydrogen) atoms. The van der Waals surface area contributed by atoms with Crippen LogP contribution >= 0.6 is 0 Å². The lowest BCUT2D eigenvalue weighted by molar-refractivity contribution is 0.388. The van der Waals surface area contributed by atoms with Gasteiger partial charge in [-0.1, -0.05) is 0 Å². The van der Waals surface area contributed by atoms with Crippen molar-refractivity contribution >= 4 is 20.8 Å². The van der Waals surface area contributed by atoms with E-state index in [1.807, 2.05) is 0 Å². The van der Waals surface area contributed by atoms with Crippen molar-refractivity contribution in [2.75, 3.05) is 7.11 Å². The summed E-state index contributed by atoms with van der Waals surface area (Å²) in [6.07, 6.45) is 0. The van der Waals surface area contributed by atoms with E-state index in [2.05, 4.69) is 4.18 Å². The van der Waals surface area contributed by atoms with E-state index in [1.165, 1.54) is 13.8 Å². The molecule has 0 spiro atoms. The summed E-state index contributed by atoms with van der Waals surface area (Å²) in [5.74, 6) is 0. The van der Waals surface area contributed by atoms with E-state index < -0.39 is 31.3 Å². The number of rotatable bonds is 4.